The largest absolute Gasteiger partial charge is 0.462 e. The maximum atomic E-state index is 12.2. The van der Waals surface area contributed by atoms with Gasteiger partial charge in [-0.1, -0.05) is 31.2 Å². The lowest BCUT2D eigenvalue weighted by molar-refractivity contribution is -0.126. The summed E-state index contributed by atoms with van der Waals surface area (Å²) in [7, 11) is 4.35. The van der Waals surface area contributed by atoms with Gasteiger partial charge in [-0.15, -0.1) is 0 Å². The van der Waals surface area contributed by atoms with Gasteiger partial charge in [0.2, 0.25) is 5.91 Å². The molecule has 3 aliphatic rings. The number of benzene rings is 1. The first kappa shape index (κ1) is 25.8. The Morgan fingerprint density at radius 2 is 1.97 bits per heavy atom. The topological polar surface area (TPSA) is 80.8 Å². The molecular formula is C30H39N7O2. The number of aromatic nitrogens is 3. The molecule has 206 valence electrons. The van der Waals surface area contributed by atoms with Crippen LogP contribution in [0, 0.1) is 0 Å². The van der Waals surface area contributed by atoms with E-state index in [4.69, 9.17) is 14.7 Å². The maximum Gasteiger partial charge on any atom is 0.320 e. The van der Waals surface area contributed by atoms with E-state index in [0.29, 0.717) is 44.8 Å². The number of fused-ring (bicyclic) bond motifs is 2. The second-order valence-electron chi connectivity index (χ2n) is 11.2. The van der Waals surface area contributed by atoms with Crippen molar-refractivity contribution >= 4 is 22.8 Å². The van der Waals surface area contributed by atoms with Gasteiger partial charge in [-0.3, -0.25) is 4.79 Å². The zero-order valence-corrected chi connectivity index (χ0v) is 23.2. The summed E-state index contributed by atoms with van der Waals surface area (Å²) in [5.41, 5.74) is 5.85. The van der Waals surface area contributed by atoms with Crippen molar-refractivity contribution < 1.29 is 9.53 Å². The van der Waals surface area contributed by atoms with Crippen molar-refractivity contribution in [3.8, 4) is 17.3 Å². The molecule has 6 rings (SSSR count). The number of amides is 1. The molecular weight excluding hydrogens is 490 g/mol. The summed E-state index contributed by atoms with van der Waals surface area (Å²) in [6, 6.07) is 9.58. The molecule has 0 bridgehead atoms. The van der Waals surface area contributed by atoms with Crippen LogP contribution in [-0.4, -0.2) is 102 Å². The summed E-state index contributed by atoms with van der Waals surface area (Å²) in [5, 5.41) is 0.984. The van der Waals surface area contributed by atoms with Crippen molar-refractivity contribution in [2.75, 3.05) is 64.9 Å². The summed E-state index contributed by atoms with van der Waals surface area (Å²) in [6.07, 6.45) is 6.05. The second-order valence-corrected chi connectivity index (χ2v) is 11.2. The Morgan fingerprint density at radius 3 is 2.77 bits per heavy atom. The predicted molar refractivity (Wildman–Crippen MR) is 154 cm³/mol. The maximum absolute atomic E-state index is 12.2. The molecule has 0 unspecified atom stereocenters. The molecule has 1 atom stereocenters. The van der Waals surface area contributed by atoms with E-state index in [1.165, 1.54) is 35.6 Å². The summed E-state index contributed by atoms with van der Waals surface area (Å²) in [6.45, 7) is 10.00. The van der Waals surface area contributed by atoms with E-state index in [0.717, 1.165) is 55.0 Å². The van der Waals surface area contributed by atoms with Crippen molar-refractivity contribution in [2.45, 2.75) is 38.3 Å². The monoisotopic (exact) mass is 529 g/mol. The SMILES string of the molecule is C=CC(=O)N1CCN(c2nc(OC[C@@H]3CCCCN3C)nc3[nH]c(-c4cccc5c4CN(C)CC5)cc23)CC1. The molecule has 9 nitrogen and oxygen atoms in total. The minimum atomic E-state index is -0.0224. The number of carbonyl (C=O) groups excluding carboxylic acids is 1. The Morgan fingerprint density at radius 1 is 1.13 bits per heavy atom. The quantitative estimate of drug-likeness (QED) is 0.491. The summed E-state index contributed by atoms with van der Waals surface area (Å²) < 4.78 is 6.26. The Labute approximate surface area is 230 Å². The smallest absolute Gasteiger partial charge is 0.320 e. The minimum absolute atomic E-state index is 0.0224. The number of piperazine rings is 1. The fraction of sp³-hybridized carbons (Fsp3) is 0.500. The van der Waals surface area contributed by atoms with Crippen molar-refractivity contribution in [2.24, 2.45) is 0 Å². The highest BCUT2D eigenvalue weighted by atomic mass is 16.5. The molecule has 3 aliphatic heterocycles. The van der Waals surface area contributed by atoms with Crippen LogP contribution in [0.5, 0.6) is 6.01 Å². The van der Waals surface area contributed by atoms with E-state index in [2.05, 4.69) is 64.6 Å². The lowest BCUT2D eigenvalue weighted by Crippen LogP contribution is -2.48. The van der Waals surface area contributed by atoms with Gasteiger partial charge in [0.05, 0.1) is 5.39 Å². The molecule has 0 aliphatic carbocycles. The Hall–Kier alpha value is -3.43. The Balaban J connectivity index is 1.35. The van der Waals surface area contributed by atoms with Gasteiger partial charge in [0.25, 0.3) is 0 Å². The summed E-state index contributed by atoms with van der Waals surface area (Å²) >= 11 is 0. The van der Waals surface area contributed by atoms with Crippen LogP contribution in [0.2, 0.25) is 0 Å². The third kappa shape index (κ3) is 5.25. The van der Waals surface area contributed by atoms with E-state index < -0.39 is 0 Å². The third-order valence-corrected chi connectivity index (χ3v) is 8.59. The van der Waals surface area contributed by atoms with Crippen LogP contribution < -0.4 is 9.64 Å². The van der Waals surface area contributed by atoms with Crippen LogP contribution in [0.25, 0.3) is 22.3 Å². The first-order chi connectivity index (χ1) is 19.0. The number of rotatable bonds is 6. The first-order valence-electron chi connectivity index (χ1n) is 14.2. The zero-order chi connectivity index (χ0) is 26.9. The fourth-order valence-corrected chi connectivity index (χ4v) is 6.19. The fourth-order valence-electron chi connectivity index (χ4n) is 6.19. The van der Waals surface area contributed by atoms with Gasteiger partial charge in [0.1, 0.15) is 18.1 Å². The molecule has 5 heterocycles. The van der Waals surface area contributed by atoms with Gasteiger partial charge >= 0.3 is 6.01 Å². The third-order valence-electron chi connectivity index (χ3n) is 8.59. The highest BCUT2D eigenvalue weighted by Gasteiger charge is 2.26. The number of piperidine rings is 1. The van der Waals surface area contributed by atoms with E-state index in [1.807, 2.05) is 4.90 Å². The molecule has 3 aromatic rings. The molecule has 0 radical (unpaired) electrons. The number of aromatic amines is 1. The van der Waals surface area contributed by atoms with Gasteiger partial charge in [0, 0.05) is 56.6 Å². The average molecular weight is 530 g/mol. The van der Waals surface area contributed by atoms with Crippen LogP contribution in [0.4, 0.5) is 5.82 Å². The predicted octanol–water partition coefficient (Wildman–Crippen LogP) is 3.31. The van der Waals surface area contributed by atoms with Gasteiger partial charge in [-0.25, -0.2) is 0 Å². The normalized spacial score (nSPS) is 20.7. The molecule has 2 fully saturated rings. The standard InChI is InChI=1S/C30H39N7O2/c1-4-27(38)36-14-16-37(17-15-36)29-24-18-26(23-10-7-8-21-11-13-34(2)19-25(21)23)31-28(24)32-30(33-29)39-20-22-9-5-6-12-35(22)3/h4,7-8,10,18,22H,1,5-6,9,11-17,19-20H2,2-3H3,(H,31,32,33)/t22-/m0/s1. The van der Waals surface area contributed by atoms with Crippen LogP contribution in [0.3, 0.4) is 0 Å². The zero-order valence-electron chi connectivity index (χ0n) is 23.2. The van der Waals surface area contributed by atoms with Gasteiger partial charge < -0.3 is 29.3 Å². The molecule has 2 saturated heterocycles. The van der Waals surface area contributed by atoms with Crippen LogP contribution >= 0.6 is 0 Å². The van der Waals surface area contributed by atoms with Crippen molar-refractivity contribution in [1.29, 1.82) is 0 Å². The number of nitrogens with zero attached hydrogens (tertiary/aromatic N) is 6. The number of nitrogens with one attached hydrogen (secondary N) is 1. The van der Waals surface area contributed by atoms with Crippen molar-refractivity contribution in [3.05, 3.63) is 48.0 Å². The van der Waals surface area contributed by atoms with Crippen molar-refractivity contribution in [1.82, 2.24) is 29.7 Å². The summed E-state index contributed by atoms with van der Waals surface area (Å²) in [4.78, 5) is 34.4. The Kier molecular flexibility index (Phi) is 7.27. The van der Waals surface area contributed by atoms with Gasteiger partial charge in [-0.2, -0.15) is 9.97 Å². The molecule has 0 saturated carbocycles. The minimum Gasteiger partial charge on any atom is -0.462 e. The van der Waals surface area contributed by atoms with Crippen LogP contribution in [0.1, 0.15) is 30.4 Å². The number of carbonyl (C=O) groups is 1. The highest BCUT2D eigenvalue weighted by molar-refractivity contribution is 5.93. The number of likely N-dealkylation sites (tertiary alicyclic amines) is 1. The average Bonchev–Trinajstić information content (AvgIpc) is 3.39. The number of hydrogen-bond donors (Lipinski definition) is 1. The lowest BCUT2D eigenvalue weighted by Gasteiger charge is -2.35. The van der Waals surface area contributed by atoms with Gasteiger partial charge in [0.15, 0.2) is 0 Å². The van der Waals surface area contributed by atoms with Crippen molar-refractivity contribution in [3.63, 3.8) is 0 Å². The molecule has 0 spiro atoms. The van der Waals surface area contributed by atoms with Crippen LogP contribution in [-0.2, 0) is 17.8 Å². The first-order valence-corrected chi connectivity index (χ1v) is 14.2. The molecule has 1 amide bonds. The summed E-state index contributed by atoms with van der Waals surface area (Å²) in [5.74, 6) is 0.841. The second kappa shape index (κ2) is 11.0. The number of hydrogen-bond acceptors (Lipinski definition) is 7. The number of H-pyrrole nitrogens is 1. The number of likely N-dealkylation sites (N-methyl/N-ethyl adjacent to an activating group) is 2. The molecule has 9 heteroatoms. The van der Waals surface area contributed by atoms with E-state index >= 15 is 0 Å². The lowest BCUT2D eigenvalue weighted by atomic mass is 9.93. The number of anilines is 1. The molecule has 1 N–H and O–H groups in total. The molecule has 39 heavy (non-hydrogen) atoms. The van der Waals surface area contributed by atoms with Crippen LogP contribution in [0.15, 0.2) is 36.9 Å². The highest BCUT2D eigenvalue weighted by Crippen LogP contribution is 2.35. The molecule has 1 aromatic carbocycles. The molecule has 2 aromatic heterocycles. The Bertz CT molecular complexity index is 1360. The van der Waals surface area contributed by atoms with Gasteiger partial charge in [-0.05, 0) is 63.2 Å². The van der Waals surface area contributed by atoms with E-state index in [1.54, 1.807) is 0 Å². The van der Waals surface area contributed by atoms with E-state index in [-0.39, 0.29) is 5.91 Å². The van der Waals surface area contributed by atoms with E-state index in [9.17, 15) is 4.79 Å². The number of ether oxygens (including phenoxy) is 1.